The zero-order chi connectivity index (χ0) is 40.4. The summed E-state index contributed by atoms with van der Waals surface area (Å²) in [4.78, 5) is 9.85. The fourth-order valence-electron chi connectivity index (χ4n) is 8.28. The van der Waals surface area contributed by atoms with Crippen molar-refractivity contribution >= 4 is 10.8 Å². The summed E-state index contributed by atoms with van der Waals surface area (Å²) in [5, 5.41) is 2.47. The number of halogens is 1. The zero-order valence-electron chi connectivity index (χ0n) is 33.1. The fraction of sp³-hybridized carbons (Fsp3) is 0.0175. The second-order valence-electron chi connectivity index (χ2n) is 15.2. The van der Waals surface area contributed by atoms with Gasteiger partial charge >= 0.3 is 0 Å². The van der Waals surface area contributed by atoms with E-state index in [4.69, 9.17) is 9.97 Å². The van der Waals surface area contributed by atoms with Crippen molar-refractivity contribution in [1.29, 1.82) is 0 Å². The van der Waals surface area contributed by atoms with Crippen LogP contribution in [0.4, 0.5) is 4.39 Å². The summed E-state index contributed by atoms with van der Waals surface area (Å²) in [6.07, 6.45) is 3.95. The van der Waals surface area contributed by atoms with Crippen LogP contribution in [0.25, 0.3) is 100 Å². The second-order valence-corrected chi connectivity index (χ2v) is 15.2. The van der Waals surface area contributed by atoms with Gasteiger partial charge in [-0.2, -0.15) is 0 Å². The minimum Gasteiger partial charge on any atom is -0.256 e. The second kappa shape index (κ2) is 15.9. The molecule has 0 aliphatic rings. The van der Waals surface area contributed by atoms with Crippen LogP contribution in [0, 0.1) is 12.7 Å². The molecule has 0 N–H and O–H groups in total. The minimum absolute atomic E-state index is 0.259. The number of hydrogen-bond donors (Lipinski definition) is 0. The smallest absolute Gasteiger partial charge is 0.123 e. The van der Waals surface area contributed by atoms with Crippen molar-refractivity contribution in [1.82, 2.24) is 9.97 Å². The summed E-state index contributed by atoms with van der Waals surface area (Å²) in [6, 6.07) is 71.3. The topological polar surface area (TPSA) is 25.8 Å². The Morgan fingerprint density at radius 3 is 1.53 bits per heavy atom. The van der Waals surface area contributed by atoms with Crippen molar-refractivity contribution in [2.24, 2.45) is 0 Å². The highest BCUT2D eigenvalue weighted by Gasteiger charge is 2.17. The molecule has 0 aliphatic carbocycles. The van der Waals surface area contributed by atoms with Gasteiger partial charge < -0.3 is 0 Å². The van der Waals surface area contributed by atoms with Crippen LogP contribution in [0.2, 0.25) is 0 Å². The first-order valence-corrected chi connectivity index (χ1v) is 20.2. The molecular weight excluding hydrogens is 732 g/mol. The quantitative estimate of drug-likeness (QED) is 0.154. The highest BCUT2D eigenvalue weighted by Crippen LogP contribution is 2.42. The van der Waals surface area contributed by atoms with Crippen molar-refractivity contribution in [3.05, 3.63) is 230 Å². The molecule has 2 aromatic heterocycles. The molecule has 0 saturated carbocycles. The number of hydrogen-bond acceptors (Lipinski definition) is 2. The average molecular weight is 771 g/mol. The number of aromatic nitrogens is 2. The van der Waals surface area contributed by atoms with Crippen LogP contribution in [0.15, 0.2) is 219 Å². The molecule has 0 amide bonds. The third-order valence-electron chi connectivity index (χ3n) is 11.3. The number of aryl methyl sites for hydroxylation is 1. The molecule has 60 heavy (non-hydrogen) atoms. The van der Waals surface area contributed by atoms with Gasteiger partial charge in [0.05, 0.1) is 11.4 Å². The summed E-state index contributed by atoms with van der Waals surface area (Å²) in [7, 11) is 0. The molecule has 0 fully saturated rings. The van der Waals surface area contributed by atoms with E-state index in [1.165, 1.54) is 39.6 Å². The molecule has 0 saturated heterocycles. The molecule has 10 aromatic rings. The zero-order valence-corrected chi connectivity index (χ0v) is 33.1. The highest BCUT2D eigenvalue weighted by atomic mass is 19.1. The minimum atomic E-state index is -0.259. The summed E-state index contributed by atoms with van der Waals surface area (Å²) in [5.74, 6) is -0.259. The first-order chi connectivity index (χ1) is 29.5. The number of nitrogens with zero attached hydrogens (tertiary/aromatic N) is 2. The maximum absolute atomic E-state index is 13.6. The first-order valence-electron chi connectivity index (χ1n) is 20.2. The van der Waals surface area contributed by atoms with Crippen LogP contribution in [-0.2, 0) is 0 Å². The number of fused-ring (bicyclic) bond motifs is 1. The number of rotatable bonds is 8. The van der Waals surface area contributed by atoms with Crippen molar-refractivity contribution in [2.45, 2.75) is 6.92 Å². The van der Waals surface area contributed by atoms with Crippen molar-refractivity contribution in [3.63, 3.8) is 0 Å². The lowest BCUT2D eigenvalue weighted by Crippen LogP contribution is -1.94. The lowest BCUT2D eigenvalue weighted by molar-refractivity contribution is 0.628. The molecule has 0 aliphatic heterocycles. The van der Waals surface area contributed by atoms with Gasteiger partial charge in [0.15, 0.2) is 0 Å². The third-order valence-corrected chi connectivity index (χ3v) is 11.3. The Morgan fingerprint density at radius 1 is 0.300 bits per heavy atom. The Bertz CT molecular complexity index is 3130. The average Bonchev–Trinajstić information content (AvgIpc) is 3.32. The summed E-state index contributed by atoms with van der Waals surface area (Å²) in [6.45, 7) is 2.16. The van der Waals surface area contributed by atoms with Crippen LogP contribution in [0.3, 0.4) is 0 Å². The Morgan fingerprint density at radius 2 is 0.833 bits per heavy atom. The van der Waals surface area contributed by atoms with Crippen LogP contribution in [0.1, 0.15) is 5.56 Å². The van der Waals surface area contributed by atoms with Gasteiger partial charge in [-0.3, -0.25) is 9.97 Å². The molecule has 3 heteroatoms. The van der Waals surface area contributed by atoms with Gasteiger partial charge in [0.1, 0.15) is 5.82 Å². The normalized spacial score (nSPS) is 11.2. The Balaban J connectivity index is 1.05. The van der Waals surface area contributed by atoms with Crippen LogP contribution in [0.5, 0.6) is 0 Å². The predicted octanol–water partition coefficient (Wildman–Crippen LogP) is 15.4. The van der Waals surface area contributed by atoms with E-state index in [9.17, 15) is 4.39 Å². The maximum Gasteiger partial charge on any atom is 0.123 e. The molecule has 8 aromatic carbocycles. The molecule has 0 unspecified atom stereocenters. The largest absolute Gasteiger partial charge is 0.256 e. The number of pyridine rings is 2. The lowest BCUT2D eigenvalue weighted by Gasteiger charge is -2.18. The highest BCUT2D eigenvalue weighted by molar-refractivity contribution is 5.95. The van der Waals surface area contributed by atoms with E-state index in [1.807, 2.05) is 24.5 Å². The number of benzene rings is 8. The molecule has 0 bridgehead atoms. The van der Waals surface area contributed by atoms with Gasteiger partial charge in [-0.25, -0.2) is 4.39 Å². The van der Waals surface area contributed by atoms with Gasteiger partial charge in [0, 0.05) is 34.6 Å². The summed E-state index contributed by atoms with van der Waals surface area (Å²) < 4.78 is 13.6. The van der Waals surface area contributed by atoms with Crippen molar-refractivity contribution in [2.75, 3.05) is 0 Å². The lowest BCUT2D eigenvalue weighted by atomic mass is 9.87. The molecule has 0 radical (unpaired) electrons. The van der Waals surface area contributed by atoms with Crippen LogP contribution >= 0.6 is 0 Å². The van der Waals surface area contributed by atoms with E-state index >= 15 is 0 Å². The molecule has 2 heterocycles. The van der Waals surface area contributed by atoms with E-state index in [0.717, 1.165) is 78.1 Å². The van der Waals surface area contributed by atoms with Crippen LogP contribution < -0.4 is 0 Å². The van der Waals surface area contributed by atoms with Crippen molar-refractivity contribution < 1.29 is 4.39 Å². The monoisotopic (exact) mass is 770 g/mol. The standard InChI is InChI=1S/C57H39FN2/c1-38-31-47(51-16-8-7-15-50(51)46-27-30-56(59-36-46)43-25-28-49(58)29-26-43)34-48(32-38)52-17-9-10-18-53(52)55-37-60-57(42-12-3-2-4-13-42)35-54(55)41-22-19-40(20-23-41)45-24-21-39-11-5-6-14-44(39)33-45/h2-37H,1H3. The molecule has 2 nitrogen and oxygen atoms in total. The van der Waals surface area contributed by atoms with Gasteiger partial charge in [-0.1, -0.05) is 158 Å². The Kier molecular flexibility index (Phi) is 9.69. The molecule has 284 valence electrons. The van der Waals surface area contributed by atoms with Crippen LogP contribution in [-0.4, -0.2) is 9.97 Å². The Labute approximate surface area is 350 Å². The van der Waals surface area contributed by atoms with Crippen molar-refractivity contribution in [3.8, 4) is 89.3 Å². The first kappa shape index (κ1) is 36.6. The fourth-order valence-corrected chi connectivity index (χ4v) is 8.28. The molecule has 10 rings (SSSR count). The molecule has 0 spiro atoms. The summed E-state index contributed by atoms with van der Waals surface area (Å²) >= 11 is 0. The van der Waals surface area contributed by atoms with E-state index in [1.54, 1.807) is 12.1 Å². The van der Waals surface area contributed by atoms with Gasteiger partial charge in [-0.15, -0.1) is 0 Å². The SMILES string of the molecule is Cc1cc(-c2ccccc2-c2ccc(-c3ccc(F)cc3)nc2)cc(-c2ccccc2-c2cnc(-c3ccccc3)cc2-c2ccc(-c3ccc4ccccc4c3)cc2)c1. The van der Waals surface area contributed by atoms with Gasteiger partial charge in [-0.05, 0) is 127 Å². The van der Waals surface area contributed by atoms with E-state index in [2.05, 4.69) is 177 Å². The van der Waals surface area contributed by atoms with Gasteiger partial charge in [0.25, 0.3) is 0 Å². The van der Waals surface area contributed by atoms with E-state index in [-0.39, 0.29) is 5.82 Å². The van der Waals surface area contributed by atoms with Gasteiger partial charge in [0.2, 0.25) is 0 Å². The maximum atomic E-state index is 13.6. The summed E-state index contributed by atoms with van der Waals surface area (Å²) in [5.41, 5.74) is 18.3. The third kappa shape index (κ3) is 7.30. The predicted molar refractivity (Wildman–Crippen MR) is 248 cm³/mol. The Hall–Kier alpha value is -7.75. The van der Waals surface area contributed by atoms with E-state index in [0.29, 0.717) is 0 Å². The molecular formula is C57H39FN2. The molecule has 0 atom stereocenters. The van der Waals surface area contributed by atoms with E-state index < -0.39 is 0 Å².